The number of benzene rings is 2. The summed E-state index contributed by atoms with van der Waals surface area (Å²) >= 11 is 1.59. The molecule has 3 rings (SSSR count). The third kappa shape index (κ3) is 3.78. The van der Waals surface area contributed by atoms with Crippen LogP contribution in [0.3, 0.4) is 0 Å². The van der Waals surface area contributed by atoms with Gasteiger partial charge in [-0.2, -0.15) is 0 Å². The molecular formula is C20H23NO5S. The Bertz CT molecular complexity index is 804. The Labute approximate surface area is 163 Å². The molecule has 0 aliphatic carbocycles. The van der Waals surface area contributed by atoms with E-state index in [1.165, 1.54) is 0 Å². The topological polar surface area (TPSA) is 57.2 Å². The molecule has 144 valence electrons. The van der Waals surface area contributed by atoms with Gasteiger partial charge in [0.2, 0.25) is 5.91 Å². The average Bonchev–Trinajstić information content (AvgIpc) is 3.07. The van der Waals surface area contributed by atoms with Crippen LogP contribution in [-0.2, 0) is 11.3 Å². The second-order valence-electron chi connectivity index (χ2n) is 5.94. The summed E-state index contributed by atoms with van der Waals surface area (Å²) < 4.78 is 21.7. The van der Waals surface area contributed by atoms with Gasteiger partial charge in [0.25, 0.3) is 0 Å². The van der Waals surface area contributed by atoms with Crippen molar-refractivity contribution in [1.29, 1.82) is 0 Å². The van der Waals surface area contributed by atoms with Gasteiger partial charge < -0.3 is 23.8 Å². The van der Waals surface area contributed by atoms with Crippen molar-refractivity contribution in [1.82, 2.24) is 4.90 Å². The number of amides is 1. The molecule has 1 unspecified atom stereocenters. The summed E-state index contributed by atoms with van der Waals surface area (Å²) in [6.07, 6.45) is 0. The normalized spacial score (nSPS) is 16.4. The predicted octanol–water partition coefficient (Wildman–Crippen LogP) is 3.50. The number of hydrogen-bond donors (Lipinski definition) is 0. The molecule has 0 aromatic heterocycles. The molecule has 27 heavy (non-hydrogen) atoms. The Balaban J connectivity index is 1.95. The maximum absolute atomic E-state index is 12.6. The summed E-state index contributed by atoms with van der Waals surface area (Å²) in [7, 11) is 6.44. The van der Waals surface area contributed by atoms with Crippen LogP contribution in [0.25, 0.3) is 0 Å². The molecule has 2 aromatic carbocycles. The fourth-order valence-electron chi connectivity index (χ4n) is 3.16. The average molecular weight is 389 g/mol. The van der Waals surface area contributed by atoms with Crippen LogP contribution >= 0.6 is 11.8 Å². The molecule has 0 bridgehead atoms. The first-order valence-corrected chi connectivity index (χ1v) is 9.50. The first kappa shape index (κ1) is 19.2. The van der Waals surface area contributed by atoms with Gasteiger partial charge in [0.15, 0.2) is 11.5 Å². The minimum Gasteiger partial charge on any atom is -0.496 e. The summed E-state index contributed by atoms with van der Waals surface area (Å²) in [5.41, 5.74) is 1.83. The van der Waals surface area contributed by atoms with Crippen molar-refractivity contribution >= 4 is 17.7 Å². The van der Waals surface area contributed by atoms with Gasteiger partial charge in [-0.05, 0) is 29.8 Å². The van der Waals surface area contributed by atoms with Crippen molar-refractivity contribution in [2.45, 2.75) is 11.9 Å². The maximum Gasteiger partial charge on any atom is 0.234 e. The van der Waals surface area contributed by atoms with Crippen molar-refractivity contribution in [3.63, 3.8) is 0 Å². The van der Waals surface area contributed by atoms with E-state index in [9.17, 15) is 4.79 Å². The van der Waals surface area contributed by atoms with Gasteiger partial charge in [-0.15, -0.1) is 11.8 Å². The van der Waals surface area contributed by atoms with Crippen LogP contribution < -0.4 is 18.9 Å². The molecule has 6 nitrogen and oxygen atoms in total. The molecule has 1 saturated heterocycles. The Morgan fingerprint density at radius 1 is 0.926 bits per heavy atom. The van der Waals surface area contributed by atoms with E-state index in [2.05, 4.69) is 0 Å². The fraction of sp³-hybridized carbons (Fsp3) is 0.350. The zero-order valence-electron chi connectivity index (χ0n) is 15.9. The van der Waals surface area contributed by atoms with Crippen LogP contribution in [0.15, 0.2) is 36.4 Å². The summed E-state index contributed by atoms with van der Waals surface area (Å²) in [4.78, 5) is 14.4. The highest BCUT2D eigenvalue weighted by molar-refractivity contribution is 8.00. The van der Waals surface area contributed by atoms with Crippen LogP contribution in [0.2, 0.25) is 0 Å². The lowest BCUT2D eigenvalue weighted by molar-refractivity contribution is -0.128. The summed E-state index contributed by atoms with van der Waals surface area (Å²) in [6, 6.07) is 11.4. The number of nitrogens with zero attached hydrogens (tertiary/aromatic N) is 1. The maximum atomic E-state index is 12.6. The van der Waals surface area contributed by atoms with Crippen LogP contribution in [0, 0.1) is 0 Å². The van der Waals surface area contributed by atoms with E-state index in [1.807, 2.05) is 41.3 Å². The van der Waals surface area contributed by atoms with Crippen molar-refractivity contribution in [3.05, 3.63) is 47.5 Å². The lowest BCUT2D eigenvalue weighted by atomic mass is 10.1. The first-order valence-electron chi connectivity index (χ1n) is 8.45. The lowest BCUT2D eigenvalue weighted by Crippen LogP contribution is -2.28. The molecular weight excluding hydrogens is 366 g/mol. The number of rotatable bonds is 7. The lowest BCUT2D eigenvalue weighted by Gasteiger charge is -2.26. The third-order valence-electron chi connectivity index (χ3n) is 4.52. The monoisotopic (exact) mass is 389 g/mol. The highest BCUT2D eigenvalue weighted by Gasteiger charge is 2.34. The third-order valence-corrected chi connectivity index (χ3v) is 5.78. The smallest absolute Gasteiger partial charge is 0.234 e. The van der Waals surface area contributed by atoms with Gasteiger partial charge in [-0.3, -0.25) is 4.79 Å². The van der Waals surface area contributed by atoms with Crippen LogP contribution in [-0.4, -0.2) is 45.0 Å². The van der Waals surface area contributed by atoms with E-state index >= 15 is 0 Å². The number of thioether (sulfide) groups is 1. The van der Waals surface area contributed by atoms with Gasteiger partial charge in [0.05, 0.1) is 46.3 Å². The molecule has 1 heterocycles. The van der Waals surface area contributed by atoms with E-state index < -0.39 is 0 Å². The van der Waals surface area contributed by atoms with Gasteiger partial charge in [-0.1, -0.05) is 12.1 Å². The number of carbonyl (C=O) groups is 1. The summed E-state index contributed by atoms with van der Waals surface area (Å²) in [6.45, 7) is 0.401. The van der Waals surface area contributed by atoms with E-state index in [4.69, 9.17) is 18.9 Å². The van der Waals surface area contributed by atoms with Crippen molar-refractivity contribution in [3.8, 4) is 23.0 Å². The molecule has 0 spiro atoms. The molecule has 1 aliphatic rings. The van der Waals surface area contributed by atoms with Crippen molar-refractivity contribution < 1.29 is 23.7 Å². The van der Waals surface area contributed by atoms with Gasteiger partial charge >= 0.3 is 0 Å². The molecule has 1 amide bonds. The second-order valence-corrected chi connectivity index (χ2v) is 7.01. The summed E-state index contributed by atoms with van der Waals surface area (Å²) in [5, 5.41) is -0.119. The van der Waals surface area contributed by atoms with E-state index in [1.54, 1.807) is 40.2 Å². The Hall–Kier alpha value is -2.54. The zero-order valence-corrected chi connectivity index (χ0v) is 16.7. The van der Waals surface area contributed by atoms with Crippen LogP contribution in [0.1, 0.15) is 16.5 Å². The second kappa shape index (κ2) is 8.43. The highest BCUT2D eigenvalue weighted by Crippen LogP contribution is 2.43. The minimum atomic E-state index is -0.119. The highest BCUT2D eigenvalue weighted by atomic mass is 32.2. The van der Waals surface area contributed by atoms with Crippen molar-refractivity contribution in [2.75, 3.05) is 34.2 Å². The number of ether oxygens (including phenoxy) is 4. The predicted molar refractivity (Wildman–Crippen MR) is 105 cm³/mol. The minimum absolute atomic E-state index is 0.0766. The molecule has 0 radical (unpaired) electrons. The molecule has 2 aromatic rings. The SMILES string of the molecule is COc1ccc(C2SCC(=O)N2Cc2c(OC)cccc2OC)cc1OC. The molecule has 1 atom stereocenters. The quantitative estimate of drug-likeness (QED) is 0.723. The Morgan fingerprint density at radius 2 is 1.56 bits per heavy atom. The van der Waals surface area contributed by atoms with E-state index in [0.717, 1.165) is 11.1 Å². The zero-order chi connectivity index (χ0) is 19.4. The first-order chi connectivity index (χ1) is 13.1. The van der Waals surface area contributed by atoms with Gasteiger partial charge in [0.1, 0.15) is 16.9 Å². The van der Waals surface area contributed by atoms with Gasteiger partial charge in [-0.25, -0.2) is 0 Å². The summed E-state index contributed by atoms with van der Waals surface area (Å²) in [5.74, 6) is 3.21. The van der Waals surface area contributed by atoms with E-state index in [0.29, 0.717) is 35.3 Å². The van der Waals surface area contributed by atoms with Gasteiger partial charge in [0, 0.05) is 0 Å². The number of hydrogen-bond acceptors (Lipinski definition) is 6. The molecule has 1 aliphatic heterocycles. The largest absolute Gasteiger partial charge is 0.496 e. The fourth-order valence-corrected chi connectivity index (χ4v) is 4.34. The Kier molecular flexibility index (Phi) is 6.01. The Morgan fingerprint density at radius 3 is 2.15 bits per heavy atom. The van der Waals surface area contributed by atoms with Crippen LogP contribution in [0.5, 0.6) is 23.0 Å². The van der Waals surface area contributed by atoms with E-state index in [-0.39, 0.29) is 11.3 Å². The van der Waals surface area contributed by atoms with Crippen molar-refractivity contribution in [2.24, 2.45) is 0 Å². The molecule has 0 saturated carbocycles. The van der Waals surface area contributed by atoms with Crippen LogP contribution in [0.4, 0.5) is 0 Å². The number of methoxy groups -OCH3 is 4. The number of carbonyl (C=O) groups excluding carboxylic acids is 1. The molecule has 0 N–H and O–H groups in total. The molecule has 1 fully saturated rings. The molecule has 7 heteroatoms. The standard InChI is InChI=1S/C20H23NO5S/c1-23-15-6-5-7-16(24-2)14(15)11-21-19(22)12-27-20(21)13-8-9-17(25-3)18(10-13)26-4/h5-10,20H,11-12H2,1-4H3.